The molecular formula is C13H19NO4. The minimum atomic E-state index is -0.464. The fourth-order valence-corrected chi connectivity index (χ4v) is 2.01. The summed E-state index contributed by atoms with van der Waals surface area (Å²) in [5, 5.41) is 19.0. The molecule has 2 N–H and O–H groups in total. The van der Waals surface area contributed by atoms with Crippen LogP contribution >= 0.6 is 0 Å². The Balaban J connectivity index is 2.18. The maximum atomic E-state index is 9.51. The maximum Gasteiger partial charge on any atom is 0.231 e. The van der Waals surface area contributed by atoms with Crippen LogP contribution in [0, 0.1) is 0 Å². The molecule has 1 aromatic rings. The predicted octanol–water partition coefficient (Wildman–Crippen LogP) is 0.983. The van der Waals surface area contributed by atoms with Gasteiger partial charge in [0.25, 0.3) is 0 Å². The minimum absolute atomic E-state index is 0.242. The summed E-state index contributed by atoms with van der Waals surface area (Å²) in [6.45, 7) is 4.62. The molecule has 0 fully saturated rings. The third kappa shape index (κ3) is 3.05. The predicted molar refractivity (Wildman–Crippen MR) is 68.1 cm³/mol. The summed E-state index contributed by atoms with van der Waals surface area (Å²) >= 11 is 0. The number of fused-ring (bicyclic) bond motifs is 1. The van der Waals surface area contributed by atoms with Crippen molar-refractivity contribution in [1.82, 2.24) is 0 Å². The molecule has 1 heterocycles. The van der Waals surface area contributed by atoms with Crippen molar-refractivity contribution in [3.05, 3.63) is 18.2 Å². The summed E-state index contributed by atoms with van der Waals surface area (Å²) < 4.78 is 10.6. The molecule has 0 saturated heterocycles. The van der Waals surface area contributed by atoms with Crippen LogP contribution in [0.5, 0.6) is 11.5 Å². The van der Waals surface area contributed by atoms with E-state index in [2.05, 4.69) is 0 Å². The minimum Gasteiger partial charge on any atom is -0.454 e. The quantitative estimate of drug-likeness (QED) is 0.819. The number of benzene rings is 1. The van der Waals surface area contributed by atoms with Gasteiger partial charge in [-0.05, 0) is 26.0 Å². The molecule has 2 unspecified atom stereocenters. The number of hydrogen-bond acceptors (Lipinski definition) is 5. The molecule has 0 aliphatic carbocycles. The number of aliphatic hydroxyl groups excluding tert-OH is 2. The van der Waals surface area contributed by atoms with Crippen molar-refractivity contribution in [2.75, 3.05) is 24.8 Å². The van der Waals surface area contributed by atoms with Gasteiger partial charge in [0.05, 0.1) is 12.2 Å². The zero-order valence-electron chi connectivity index (χ0n) is 10.7. The van der Waals surface area contributed by atoms with E-state index in [1.807, 2.05) is 23.1 Å². The molecule has 5 heteroatoms. The highest BCUT2D eigenvalue weighted by atomic mass is 16.7. The van der Waals surface area contributed by atoms with Crippen LogP contribution in [0.3, 0.4) is 0 Å². The van der Waals surface area contributed by atoms with Gasteiger partial charge >= 0.3 is 0 Å². The highest BCUT2D eigenvalue weighted by Crippen LogP contribution is 2.35. The zero-order chi connectivity index (χ0) is 13.1. The van der Waals surface area contributed by atoms with Crippen LogP contribution in [0.2, 0.25) is 0 Å². The third-order valence-electron chi connectivity index (χ3n) is 2.69. The van der Waals surface area contributed by atoms with E-state index in [1.165, 1.54) is 0 Å². The normalized spacial score (nSPS) is 16.4. The first-order chi connectivity index (χ1) is 8.56. The average Bonchev–Trinajstić information content (AvgIpc) is 2.73. The molecule has 1 aliphatic heterocycles. The second-order valence-electron chi connectivity index (χ2n) is 4.64. The lowest BCUT2D eigenvalue weighted by atomic mass is 10.2. The fourth-order valence-electron chi connectivity index (χ4n) is 2.01. The summed E-state index contributed by atoms with van der Waals surface area (Å²) in [6.07, 6.45) is -0.927. The van der Waals surface area contributed by atoms with Crippen LogP contribution in [-0.4, -0.2) is 42.3 Å². The van der Waals surface area contributed by atoms with Gasteiger partial charge in [0.15, 0.2) is 11.5 Å². The van der Waals surface area contributed by atoms with E-state index >= 15 is 0 Å². The molecule has 0 aromatic heterocycles. The lowest BCUT2D eigenvalue weighted by Crippen LogP contribution is -2.36. The SMILES string of the molecule is CC(O)CN(CC(C)O)c1ccc2c(c1)OCO2. The van der Waals surface area contributed by atoms with Gasteiger partial charge in [0, 0.05) is 24.8 Å². The Hall–Kier alpha value is -1.46. The first-order valence-corrected chi connectivity index (χ1v) is 6.07. The van der Waals surface area contributed by atoms with Gasteiger partial charge in [0.2, 0.25) is 6.79 Å². The van der Waals surface area contributed by atoms with Crippen LogP contribution in [0.15, 0.2) is 18.2 Å². The number of aliphatic hydroxyl groups is 2. The molecule has 1 aromatic carbocycles. The standard InChI is InChI=1S/C13H19NO4/c1-9(15)6-14(7-10(2)16)11-3-4-12-13(5-11)18-8-17-12/h3-5,9-10,15-16H,6-8H2,1-2H3. The van der Waals surface area contributed by atoms with Gasteiger partial charge in [-0.1, -0.05) is 0 Å². The highest BCUT2D eigenvalue weighted by Gasteiger charge is 2.17. The van der Waals surface area contributed by atoms with Crippen LogP contribution in [0.1, 0.15) is 13.8 Å². The van der Waals surface area contributed by atoms with E-state index in [4.69, 9.17) is 9.47 Å². The molecular weight excluding hydrogens is 234 g/mol. The van der Waals surface area contributed by atoms with E-state index < -0.39 is 12.2 Å². The molecule has 0 bridgehead atoms. The summed E-state index contributed by atoms with van der Waals surface area (Å²) in [7, 11) is 0. The molecule has 0 saturated carbocycles. The lowest BCUT2D eigenvalue weighted by molar-refractivity contribution is 0.173. The van der Waals surface area contributed by atoms with Crippen molar-refractivity contribution in [3.63, 3.8) is 0 Å². The molecule has 0 amide bonds. The molecule has 2 rings (SSSR count). The van der Waals surface area contributed by atoms with Gasteiger partial charge in [-0.2, -0.15) is 0 Å². The highest BCUT2D eigenvalue weighted by molar-refractivity contribution is 5.57. The molecule has 100 valence electrons. The second kappa shape index (κ2) is 5.46. The topological polar surface area (TPSA) is 62.2 Å². The van der Waals surface area contributed by atoms with Crippen LogP contribution in [0.4, 0.5) is 5.69 Å². The van der Waals surface area contributed by atoms with Gasteiger partial charge in [-0.3, -0.25) is 0 Å². The summed E-state index contributed by atoms with van der Waals surface area (Å²) in [4.78, 5) is 1.93. The van der Waals surface area contributed by atoms with Gasteiger partial charge in [-0.15, -0.1) is 0 Å². The number of hydrogen-bond donors (Lipinski definition) is 2. The van der Waals surface area contributed by atoms with Crippen molar-refractivity contribution < 1.29 is 19.7 Å². The zero-order valence-corrected chi connectivity index (χ0v) is 10.7. The van der Waals surface area contributed by atoms with Gasteiger partial charge < -0.3 is 24.6 Å². The van der Waals surface area contributed by atoms with Crippen molar-refractivity contribution in [2.45, 2.75) is 26.1 Å². The largest absolute Gasteiger partial charge is 0.454 e. The molecule has 18 heavy (non-hydrogen) atoms. The number of ether oxygens (including phenoxy) is 2. The second-order valence-corrected chi connectivity index (χ2v) is 4.64. The van der Waals surface area contributed by atoms with Crippen molar-refractivity contribution in [3.8, 4) is 11.5 Å². The molecule has 0 radical (unpaired) electrons. The summed E-state index contributed by atoms with van der Waals surface area (Å²) in [5.74, 6) is 1.43. The Morgan fingerprint density at radius 1 is 1.11 bits per heavy atom. The van der Waals surface area contributed by atoms with Crippen molar-refractivity contribution in [2.24, 2.45) is 0 Å². The molecule has 0 spiro atoms. The summed E-state index contributed by atoms with van der Waals surface area (Å²) in [6, 6.07) is 5.61. The van der Waals surface area contributed by atoms with E-state index in [0.29, 0.717) is 18.8 Å². The lowest BCUT2D eigenvalue weighted by Gasteiger charge is -2.27. The Kier molecular flexibility index (Phi) is 3.93. The van der Waals surface area contributed by atoms with E-state index in [1.54, 1.807) is 13.8 Å². The van der Waals surface area contributed by atoms with Crippen LogP contribution in [-0.2, 0) is 0 Å². The number of nitrogens with zero attached hydrogens (tertiary/aromatic N) is 1. The van der Waals surface area contributed by atoms with E-state index in [9.17, 15) is 10.2 Å². The van der Waals surface area contributed by atoms with Gasteiger partial charge in [0.1, 0.15) is 0 Å². The van der Waals surface area contributed by atoms with Crippen molar-refractivity contribution in [1.29, 1.82) is 0 Å². The van der Waals surface area contributed by atoms with E-state index in [0.717, 1.165) is 11.4 Å². The first-order valence-electron chi connectivity index (χ1n) is 6.07. The molecule has 1 aliphatic rings. The third-order valence-corrected chi connectivity index (χ3v) is 2.69. The van der Waals surface area contributed by atoms with Crippen LogP contribution < -0.4 is 14.4 Å². The van der Waals surface area contributed by atoms with Crippen molar-refractivity contribution >= 4 is 5.69 Å². The average molecular weight is 253 g/mol. The number of rotatable bonds is 5. The smallest absolute Gasteiger partial charge is 0.231 e. The fraction of sp³-hybridized carbons (Fsp3) is 0.538. The summed E-state index contributed by atoms with van der Waals surface area (Å²) in [5.41, 5.74) is 0.904. The monoisotopic (exact) mass is 253 g/mol. The molecule has 5 nitrogen and oxygen atoms in total. The van der Waals surface area contributed by atoms with E-state index in [-0.39, 0.29) is 6.79 Å². The first kappa shape index (κ1) is 13.0. The Labute approximate surface area is 107 Å². The van der Waals surface area contributed by atoms with Gasteiger partial charge in [-0.25, -0.2) is 0 Å². The Morgan fingerprint density at radius 3 is 2.33 bits per heavy atom. The number of anilines is 1. The van der Waals surface area contributed by atoms with Crippen LogP contribution in [0.25, 0.3) is 0 Å². The Morgan fingerprint density at radius 2 is 1.72 bits per heavy atom. The Bertz CT molecular complexity index is 396. The maximum absolute atomic E-state index is 9.51. The molecule has 2 atom stereocenters.